The van der Waals surface area contributed by atoms with Gasteiger partial charge in [0.2, 0.25) is 0 Å². The number of hydrogen-bond donors (Lipinski definition) is 0. The molecule has 4 fully saturated rings. The predicted octanol–water partition coefficient (Wildman–Crippen LogP) is 4.10. The lowest BCUT2D eigenvalue weighted by Crippen LogP contribution is -2.54. The Labute approximate surface area is 120 Å². The maximum Gasteiger partial charge on any atom is 0.149 e. The van der Waals surface area contributed by atoms with Gasteiger partial charge in [-0.1, -0.05) is 12.2 Å². The lowest BCUT2D eigenvalue weighted by molar-refractivity contribution is -0.0886. The molecule has 6 aliphatic rings. The van der Waals surface area contributed by atoms with Gasteiger partial charge in [-0.05, 0) is 68.8 Å². The topological polar surface area (TPSA) is 28.0 Å². The molecule has 0 N–H and O–H groups in total. The van der Waals surface area contributed by atoms with Crippen molar-refractivity contribution >= 4 is 0 Å². The Balaban J connectivity index is 1.51. The summed E-state index contributed by atoms with van der Waals surface area (Å²) in [6, 6.07) is 0. The first-order valence-electron chi connectivity index (χ1n) is 8.35. The smallest absolute Gasteiger partial charge is 0.149 e. The Hall–Kier alpha value is -1.12. The summed E-state index contributed by atoms with van der Waals surface area (Å²) in [5.74, 6) is 4.11. The molecule has 3 heteroatoms. The van der Waals surface area contributed by atoms with E-state index in [2.05, 4.69) is 28.2 Å². The maximum atomic E-state index is 4.76. The summed E-state index contributed by atoms with van der Waals surface area (Å²) in [4.78, 5) is 2.48. The molecule has 4 saturated carbocycles. The Morgan fingerprint density at radius 3 is 2.40 bits per heavy atom. The predicted molar refractivity (Wildman–Crippen MR) is 77.8 cm³/mol. The SMILES string of the molecule is C1=CCN2C(=CC1)N=NC2C12CC3CC(CC(C3)C1)C2. The van der Waals surface area contributed by atoms with E-state index in [0.29, 0.717) is 11.6 Å². The van der Waals surface area contributed by atoms with Crippen molar-refractivity contribution in [3.05, 3.63) is 24.0 Å². The van der Waals surface area contributed by atoms with E-state index in [4.69, 9.17) is 5.11 Å². The number of rotatable bonds is 1. The second-order valence-corrected chi connectivity index (χ2v) is 7.79. The van der Waals surface area contributed by atoms with E-state index in [-0.39, 0.29) is 0 Å². The Morgan fingerprint density at radius 1 is 1.00 bits per heavy atom. The quantitative estimate of drug-likeness (QED) is 0.659. The molecule has 20 heavy (non-hydrogen) atoms. The Bertz CT molecular complexity index is 481. The molecule has 6 rings (SSSR count). The standard InChI is InChI=1S/C17H23N3/c1-2-4-15-18-19-16(20(15)5-3-1)17-9-12-6-13(10-17)8-14(7-12)11-17/h1,3-4,12-14,16H,2,5-11H2. The van der Waals surface area contributed by atoms with Gasteiger partial charge in [-0.25, -0.2) is 0 Å². The van der Waals surface area contributed by atoms with Crippen LogP contribution in [0.2, 0.25) is 0 Å². The molecule has 0 spiro atoms. The highest BCUT2D eigenvalue weighted by Gasteiger charge is 2.57. The summed E-state index contributed by atoms with van der Waals surface area (Å²) in [5.41, 5.74) is 0.450. The van der Waals surface area contributed by atoms with Gasteiger partial charge in [-0.2, -0.15) is 5.11 Å². The molecule has 4 bridgehead atoms. The number of azo groups is 1. The Kier molecular flexibility index (Phi) is 2.28. The Morgan fingerprint density at radius 2 is 1.70 bits per heavy atom. The monoisotopic (exact) mass is 269 g/mol. The van der Waals surface area contributed by atoms with Crippen LogP contribution in [0.1, 0.15) is 44.9 Å². The highest BCUT2D eigenvalue weighted by atomic mass is 15.5. The van der Waals surface area contributed by atoms with Crippen LogP contribution in [-0.2, 0) is 0 Å². The summed E-state index contributed by atoms with van der Waals surface area (Å²) in [6.45, 7) is 1.01. The minimum absolute atomic E-state index is 0.338. The van der Waals surface area contributed by atoms with E-state index in [9.17, 15) is 0 Å². The summed E-state index contributed by atoms with van der Waals surface area (Å²) < 4.78 is 0. The first-order valence-corrected chi connectivity index (χ1v) is 8.35. The van der Waals surface area contributed by atoms with Crippen LogP contribution in [0.4, 0.5) is 0 Å². The van der Waals surface area contributed by atoms with Crippen LogP contribution in [0.3, 0.4) is 0 Å². The van der Waals surface area contributed by atoms with E-state index in [1.807, 2.05) is 0 Å². The first-order chi connectivity index (χ1) is 9.82. The molecule has 0 aromatic rings. The minimum atomic E-state index is 0.338. The van der Waals surface area contributed by atoms with Crippen molar-refractivity contribution in [2.75, 3.05) is 6.54 Å². The van der Waals surface area contributed by atoms with E-state index < -0.39 is 0 Å². The molecule has 2 heterocycles. The number of fused-ring (bicyclic) bond motifs is 1. The molecule has 0 aromatic carbocycles. The van der Waals surface area contributed by atoms with Crippen LogP contribution in [0.15, 0.2) is 34.3 Å². The van der Waals surface area contributed by atoms with E-state index in [1.54, 1.807) is 0 Å². The lowest BCUT2D eigenvalue weighted by atomic mass is 9.48. The second-order valence-electron chi connectivity index (χ2n) is 7.79. The molecular formula is C17H23N3. The van der Waals surface area contributed by atoms with Gasteiger partial charge in [-0.15, -0.1) is 5.11 Å². The minimum Gasteiger partial charge on any atom is -0.327 e. The van der Waals surface area contributed by atoms with Gasteiger partial charge >= 0.3 is 0 Å². The third-order valence-electron chi connectivity index (χ3n) is 6.40. The molecule has 0 amide bonds. The average molecular weight is 269 g/mol. The second kappa shape index (κ2) is 3.96. The fourth-order valence-electron chi connectivity index (χ4n) is 6.12. The zero-order valence-electron chi connectivity index (χ0n) is 12.0. The normalized spacial score (nSPS) is 48.4. The molecule has 1 unspecified atom stereocenters. The van der Waals surface area contributed by atoms with Crippen LogP contribution >= 0.6 is 0 Å². The van der Waals surface area contributed by atoms with Crippen molar-refractivity contribution in [3.63, 3.8) is 0 Å². The molecule has 106 valence electrons. The lowest BCUT2D eigenvalue weighted by Gasteiger charge is -2.58. The van der Waals surface area contributed by atoms with E-state index in [1.165, 1.54) is 38.5 Å². The first kappa shape index (κ1) is 11.5. The highest BCUT2D eigenvalue weighted by Crippen LogP contribution is 2.63. The molecule has 3 nitrogen and oxygen atoms in total. The van der Waals surface area contributed by atoms with Gasteiger partial charge in [0.25, 0.3) is 0 Å². The largest absolute Gasteiger partial charge is 0.327 e. The van der Waals surface area contributed by atoms with Crippen molar-refractivity contribution in [1.82, 2.24) is 4.90 Å². The van der Waals surface area contributed by atoms with Crippen LogP contribution in [-0.4, -0.2) is 17.6 Å². The van der Waals surface area contributed by atoms with Crippen molar-refractivity contribution < 1.29 is 0 Å². The van der Waals surface area contributed by atoms with Gasteiger partial charge in [0.05, 0.1) is 0 Å². The van der Waals surface area contributed by atoms with E-state index in [0.717, 1.165) is 36.5 Å². The van der Waals surface area contributed by atoms with Gasteiger partial charge in [0.1, 0.15) is 12.0 Å². The molecule has 4 aliphatic carbocycles. The number of nitrogens with zero attached hydrogens (tertiary/aromatic N) is 3. The van der Waals surface area contributed by atoms with Crippen LogP contribution in [0.5, 0.6) is 0 Å². The summed E-state index contributed by atoms with van der Waals surface area (Å²) in [6.07, 6.45) is 16.9. The molecule has 0 aromatic heterocycles. The van der Waals surface area contributed by atoms with E-state index >= 15 is 0 Å². The van der Waals surface area contributed by atoms with Crippen LogP contribution in [0.25, 0.3) is 0 Å². The third-order valence-corrected chi connectivity index (χ3v) is 6.40. The zero-order valence-corrected chi connectivity index (χ0v) is 12.0. The van der Waals surface area contributed by atoms with Gasteiger partial charge in [-0.3, -0.25) is 0 Å². The van der Waals surface area contributed by atoms with Crippen molar-refractivity contribution in [2.24, 2.45) is 33.4 Å². The summed E-state index contributed by atoms with van der Waals surface area (Å²) in [5, 5.41) is 9.29. The fraction of sp³-hybridized carbons (Fsp3) is 0.765. The molecule has 0 radical (unpaired) electrons. The molecule has 2 aliphatic heterocycles. The van der Waals surface area contributed by atoms with Crippen molar-refractivity contribution in [2.45, 2.75) is 51.1 Å². The molecular weight excluding hydrogens is 246 g/mol. The van der Waals surface area contributed by atoms with Gasteiger partial charge < -0.3 is 4.90 Å². The fourth-order valence-corrected chi connectivity index (χ4v) is 6.12. The zero-order chi connectivity index (χ0) is 13.2. The maximum absolute atomic E-state index is 4.76. The third kappa shape index (κ3) is 1.52. The summed E-state index contributed by atoms with van der Waals surface area (Å²) in [7, 11) is 0. The molecule has 0 saturated heterocycles. The van der Waals surface area contributed by atoms with Crippen molar-refractivity contribution in [1.29, 1.82) is 0 Å². The number of allylic oxidation sites excluding steroid dienone is 2. The van der Waals surface area contributed by atoms with Crippen LogP contribution < -0.4 is 0 Å². The summed E-state index contributed by atoms with van der Waals surface area (Å²) >= 11 is 0. The van der Waals surface area contributed by atoms with Gasteiger partial charge in [0, 0.05) is 12.0 Å². The van der Waals surface area contributed by atoms with Gasteiger partial charge in [0.15, 0.2) is 0 Å². The van der Waals surface area contributed by atoms with Crippen molar-refractivity contribution in [3.8, 4) is 0 Å². The van der Waals surface area contributed by atoms with Crippen LogP contribution in [0, 0.1) is 23.2 Å². The highest BCUT2D eigenvalue weighted by molar-refractivity contribution is 5.16. The molecule has 1 atom stereocenters. The number of hydrogen-bond acceptors (Lipinski definition) is 3. The average Bonchev–Trinajstić information content (AvgIpc) is 2.68.